The monoisotopic (exact) mass is 285 g/mol. The Morgan fingerprint density at radius 2 is 2.25 bits per heavy atom. The number of carbonyl (C=O) groups is 1. The maximum absolute atomic E-state index is 11.8. The summed E-state index contributed by atoms with van der Waals surface area (Å²) in [5.41, 5.74) is -0.566. The second kappa shape index (κ2) is 7.96. The minimum atomic E-state index is -0.566. The van der Waals surface area contributed by atoms with E-state index >= 15 is 0 Å². The maximum atomic E-state index is 11.8. The summed E-state index contributed by atoms with van der Waals surface area (Å²) in [4.78, 5) is 16.5. The topological polar surface area (TPSA) is 44.8 Å². The third-order valence-electron chi connectivity index (χ3n) is 4.46. The minimum Gasteiger partial charge on any atom is -0.468 e. The van der Waals surface area contributed by atoms with E-state index in [1.54, 1.807) is 0 Å². The molecule has 0 aliphatic carbocycles. The van der Waals surface area contributed by atoms with Gasteiger partial charge in [0, 0.05) is 13.1 Å². The summed E-state index contributed by atoms with van der Waals surface area (Å²) in [5.74, 6) is 0.612. The second-order valence-corrected chi connectivity index (χ2v) is 6.36. The van der Waals surface area contributed by atoms with Gasteiger partial charge >= 0.3 is 5.97 Å². The van der Waals surface area contributed by atoms with Crippen molar-refractivity contribution in [1.29, 1.82) is 0 Å². The second-order valence-electron chi connectivity index (χ2n) is 6.36. The van der Waals surface area contributed by atoms with Gasteiger partial charge in [0.1, 0.15) is 5.54 Å². The molecule has 1 N–H and O–H groups in total. The van der Waals surface area contributed by atoms with E-state index in [9.17, 15) is 4.79 Å². The predicted octanol–water partition coefficient (Wildman–Crippen LogP) is 0.801. The molecule has 1 aliphatic rings. The van der Waals surface area contributed by atoms with Crippen LogP contribution in [0.3, 0.4) is 0 Å². The van der Waals surface area contributed by atoms with Crippen LogP contribution in [0.4, 0.5) is 0 Å². The standard InChI is InChI=1S/C15H31N3O2/c1-15(16-2,14(19)20-5)8-6-9-17(3)11-13-7-10-18(4)12-13/h13,16H,6-12H2,1-5H3. The number of rotatable bonds is 8. The van der Waals surface area contributed by atoms with Crippen molar-refractivity contribution in [3.63, 3.8) is 0 Å². The first kappa shape index (κ1) is 17.4. The number of hydrogen-bond donors (Lipinski definition) is 1. The van der Waals surface area contributed by atoms with Crippen LogP contribution in [0.25, 0.3) is 0 Å². The first-order valence-corrected chi connectivity index (χ1v) is 7.55. The van der Waals surface area contributed by atoms with Crippen LogP contribution < -0.4 is 5.32 Å². The molecule has 1 aliphatic heterocycles. The summed E-state index contributed by atoms with van der Waals surface area (Å²) in [6.07, 6.45) is 3.09. The zero-order valence-corrected chi connectivity index (χ0v) is 13.7. The van der Waals surface area contributed by atoms with Crippen molar-refractivity contribution >= 4 is 5.97 Å². The Morgan fingerprint density at radius 1 is 1.55 bits per heavy atom. The average Bonchev–Trinajstić information content (AvgIpc) is 2.82. The van der Waals surface area contributed by atoms with Gasteiger partial charge in [0.2, 0.25) is 0 Å². The van der Waals surface area contributed by atoms with Gasteiger partial charge in [-0.2, -0.15) is 0 Å². The highest BCUT2D eigenvalue weighted by molar-refractivity contribution is 5.80. The fourth-order valence-corrected chi connectivity index (χ4v) is 2.96. The molecule has 0 aromatic rings. The van der Waals surface area contributed by atoms with Gasteiger partial charge in [-0.05, 0) is 66.3 Å². The molecule has 20 heavy (non-hydrogen) atoms. The first-order valence-electron chi connectivity index (χ1n) is 7.55. The van der Waals surface area contributed by atoms with E-state index in [0.29, 0.717) is 0 Å². The van der Waals surface area contributed by atoms with Crippen LogP contribution in [0.15, 0.2) is 0 Å². The SMILES string of the molecule is CNC(C)(CCCN(C)CC1CCN(C)C1)C(=O)OC. The van der Waals surface area contributed by atoms with E-state index in [2.05, 4.69) is 29.2 Å². The summed E-state index contributed by atoms with van der Waals surface area (Å²) in [7, 11) is 7.62. The van der Waals surface area contributed by atoms with Gasteiger partial charge in [-0.15, -0.1) is 0 Å². The Kier molecular flexibility index (Phi) is 6.92. The highest BCUT2D eigenvalue weighted by Crippen LogP contribution is 2.17. The molecule has 0 amide bonds. The van der Waals surface area contributed by atoms with E-state index < -0.39 is 5.54 Å². The molecule has 1 fully saturated rings. The van der Waals surface area contributed by atoms with E-state index in [1.165, 1.54) is 26.6 Å². The van der Waals surface area contributed by atoms with Crippen LogP contribution in [0.5, 0.6) is 0 Å². The number of likely N-dealkylation sites (tertiary alicyclic amines) is 1. The molecule has 1 saturated heterocycles. The van der Waals surface area contributed by atoms with Gasteiger partial charge in [0.05, 0.1) is 7.11 Å². The Hall–Kier alpha value is -0.650. The predicted molar refractivity (Wildman–Crippen MR) is 81.8 cm³/mol. The summed E-state index contributed by atoms with van der Waals surface area (Å²) >= 11 is 0. The minimum absolute atomic E-state index is 0.180. The number of hydrogen-bond acceptors (Lipinski definition) is 5. The molecule has 0 radical (unpaired) electrons. The molecule has 0 spiro atoms. The number of nitrogens with one attached hydrogen (secondary N) is 1. The van der Waals surface area contributed by atoms with Crippen LogP contribution in [-0.4, -0.2) is 75.7 Å². The van der Waals surface area contributed by atoms with Crippen LogP contribution in [0, 0.1) is 5.92 Å². The molecule has 0 aromatic carbocycles. The normalized spacial score (nSPS) is 23.0. The fraction of sp³-hybridized carbons (Fsp3) is 0.933. The van der Waals surface area contributed by atoms with Crippen molar-refractivity contribution in [2.24, 2.45) is 5.92 Å². The number of ether oxygens (including phenoxy) is 1. The number of nitrogens with zero attached hydrogens (tertiary/aromatic N) is 2. The van der Waals surface area contributed by atoms with E-state index in [-0.39, 0.29) is 5.97 Å². The lowest BCUT2D eigenvalue weighted by Crippen LogP contribution is -2.48. The highest BCUT2D eigenvalue weighted by atomic mass is 16.5. The van der Waals surface area contributed by atoms with Gasteiger partial charge in [0.15, 0.2) is 0 Å². The van der Waals surface area contributed by atoms with Gasteiger partial charge in [-0.1, -0.05) is 0 Å². The first-order chi connectivity index (χ1) is 9.41. The van der Waals surface area contributed by atoms with Gasteiger partial charge in [-0.25, -0.2) is 0 Å². The molecule has 0 bridgehead atoms. The Morgan fingerprint density at radius 3 is 2.75 bits per heavy atom. The van der Waals surface area contributed by atoms with Crippen molar-refractivity contribution in [1.82, 2.24) is 15.1 Å². The Labute approximate surface area is 123 Å². The van der Waals surface area contributed by atoms with Crippen molar-refractivity contribution < 1.29 is 9.53 Å². The van der Waals surface area contributed by atoms with Gasteiger partial charge < -0.3 is 19.9 Å². The third-order valence-corrected chi connectivity index (χ3v) is 4.46. The summed E-state index contributed by atoms with van der Waals surface area (Å²) in [6, 6.07) is 0. The van der Waals surface area contributed by atoms with Crippen molar-refractivity contribution in [3.8, 4) is 0 Å². The Bertz CT molecular complexity index is 311. The summed E-state index contributed by atoms with van der Waals surface area (Å²) in [5, 5.41) is 3.08. The van der Waals surface area contributed by atoms with E-state index in [4.69, 9.17) is 4.74 Å². The number of methoxy groups -OCH3 is 1. The molecule has 5 nitrogen and oxygen atoms in total. The lowest BCUT2D eigenvalue weighted by atomic mass is 9.96. The van der Waals surface area contributed by atoms with E-state index in [0.717, 1.165) is 31.8 Å². The number of carbonyl (C=O) groups excluding carboxylic acids is 1. The third kappa shape index (κ3) is 5.04. The fourth-order valence-electron chi connectivity index (χ4n) is 2.96. The molecule has 1 heterocycles. The van der Waals surface area contributed by atoms with Gasteiger partial charge in [0.25, 0.3) is 0 Å². The zero-order chi connectivity index (χ0) is 15.2. The average molecular weight is 285 g/mol. The molecule has 1 rings (SSSR count). The molecular formula is C15H31N3O2. The van der Waals surface area contributed by atoms with Crippen molar-refractivity contribution in [3.05, 3.63) is 0 Å². The van der Waals surface area contributed by atoms with E-state index in [1.807, 2.05) is 14.0 Å². The summed E-state index contributed by atoms with van der Waals surface area (Å²) < 4.78 is 4.86. The van der Waals surface area contributed by atoms with Crippen LogP contribution in [0.1, 0.15) is 26.2 Å². The number of esters is 1. The van der Waals surface area contributed by atoms with Crippen molar-refractivity contribution in [2.45, 2.75) is 31.7 Å². The Balaban J connectivity index is 2.26. The lowest BCUT2D eigenvalue weighted by Gasteiger charge is -2.27. The molecule has 0 aromatic heterocycles. The molecule has 2 atom stereocenters. The molecule has 118 valence electrons. The molecular weight excluding hydrogens is 254 g/mol. The molecule has 5 heteroatoms. The van der Waals surface area contributed by atoms with Crippen LogP contribution in [0.2, 0.25) is 0 Å². The largest absolute Gasteiger partial charge is 0.468 e. The highest BCUT2D eigenvalue weighted by Gasteiger charge is 2.32. The van der Waals surface area contributed by atoms with Crippen LogP contribution >= 0.6 is 0 Å². The van der Waals surface area contributed by atoms with Crippen molar-refractivity contribution in [2.75, 3.05) is 54.4 Å². The number of likely N-dealkylation sites (N-methyl/N-ethyl adjacent to an activating group) is 1. The lowest BCUT2D eigenvalue weighted by molar-refractivity contribution is -0.148. The van der Waals surface area contributed by atoms with Gasteiger partial charge in [-0.3, -0.25) is 4.79 Å². The summed E-state index contributed by atoms with van der Waals surface area (Å²) in [6.45, 7) is 6.51. The smallest absolute Gasteiger partial charge is 0.325 e. The van der Waals surface area contributed by atoms with Crippen LogP contribution in [-0.2, 0) is 9.53 Å². The maximum Gasteiger partial charge on any atom is 0.325 e. The molecule has 0 saturated carbocycles. The zero-order valence-electron chi connectivity index (χ0n) is 13.7. The molecule has 2 unspecified atom stereocenters. The quantitative estimate of drug-likeness (QED) is 0.668.